The van der Waals surface area contributed by atoms with Crippen LogP contribution in [0.1, 0.15) is 21.8 Å². The molecule has 0 atom stereocenters. The van der Waals surface area contributed by atoms with Crippen molar-refractivity contribution in [2.24, 2.45) is 12.1 Å². The van der Waals surface area contributed by atoms with Gasteiger partial charge in [-0.05, 0) is 26.0 Å². The van der Waals surface area contributed by atoms with Crippen LogP contribution in [0.15, 0.2) is 33.9 Å². The first-order valence-electron chi connectivity index (χ1n) is 6.39. The van der Waals surface area contributed by atoms with Crippen LogP contribution in [0, 0.1) is 13.8 Å². The number of amides is 1. The number of carbonyl (C=O) groups is 1. The minimum Gasteiger partial charge on any atom is -0.361 e. The van der Waals surface area contributed by atoms with Gasteiger partial charge in [0.05, 0.1) is 15.9 Å². The van der Waals surface area contributed by atoms with Crippen LogP contribution < -0.4 is 10.2 Å². The number of hydrogen-bond acceptors (Lipinski definition) is 5. The predicted molar refractivity (Wildman–Crippen MR) is 79.8 cm³/mol. The van der Waals surface area contributed by atoms with E-state index in [0.29, 0.717) is 17.0 Å². The number of para-hydroxylation sites is 1. The van der Waals surface area contributed by atoms with E-state index in [0.717, 1.165) is 15.0 Å². The first kappa shape index (κ1) is 13.6. The van der Waals surface area contributed by atoms with Gasteiger partial charge in [-0.3, -0.25) is 4.79 Å². The van der Waals surface area contributed by atoms with Gasteiger partial charge in [0.2, 0.25) is 4.80 Å². The maximum atomic E-state index is 12.1. The van der Waals surface area contributed by atoms with E-state index in [-0.39, 0.29) is 5.91 Å². The Morgan fingerprint density at radius 3 is 2.81 bits per heavy atom. The summed E-state index contributed by atoms with van der Waals surface area (Å²) in [5.74, 6) is 0.171. The van der Waals surface area contributed by atoms with E-state index in [1.54, 1.807) is 13.8 Å². The van der Waals surface area contributed by atoms with Gasteiger partial charge in [-0.2, -0.15) is 0 Å². The lowest BCUT2D eigenvalue weighted by molar-refractivity contribution is 0.0951. The van der Waals surface area contributed by atoms with Crippen molar-refractivity contribution in [3.8, 4) is 0 Å². The van der Waals surface area contributed by atoms with Gasteiger partial charge in [-0.25, -0.2) is 5.43 Å². The van der Waals surface area contributed by atoms with Crippen LogP contribution in [0.5, 0.6) is 0 Å². The number of hydrogen-bond donors (Lipinski definition) is 1. The Morgan fingerprint density at radius 1 is 1.38 bits per heavy atom. The van der Waals surface area contributed by atoms with E-state index in [1.165, 1.54) is 11.3 Å². The third-order valence-corrected chi connectivity index (χ3v) is 4.34. The summed E-state index contributed by atoms with van der Waals surface area (Å²) < 4.78 is 8.04. The summed E-state index contributed by atoms with van der Waals surface area (Å²) in [5, 5.41) is 7.96. The molecule has 0 aliphatic carbocycles. The number of nitrogens with one attached hydrogen (secondary N) is 1. The lowest BCUT2D eigenvalue weighted by Crippen LogP contribution is -2.24. The fourth-order valence-corrected chi connectivity index (χ4v) is 3.13. The van der Waals surface area contributed by atoms with Crippen LogP contribution in [0.2, 0.25) is 0 Å². The van der Waals surface area contributed by atoms with Gasteiger partial charge in [0.1, 0.15) is 11.3 Å². The summed E-state index contributed by atoms with van der Waals surface area (Å²) in [5.41, 5.74) is 4.63. The fraction of sp³-hybridized carbons (Fsp3) is 0.214. The second-order valence-electron chi connectivity index (χ2n) is 4.66. The van der Waals surface area contributed by atoms with E-state index < -0.39 is 0 Å². The molecule has 108 valence electrons. The Bertz CT molecular complexity index is 868. The van der Waals surface area contributed by atoms with Crippen molar-refractivity contribution in [2.75, 3.05) is 0 Å². The number of fused-ring (bicyclic) bond motifs is 1. The van der Waals surface area contributed by atoms with Gasteiger partial charge < -0.3 is 9.09 Å². The normalized spacial score (nSPS) is 12.0. The highest BCUT2D eigenvalue weighted by Crippen LogP contribution is 2.15. The monoisotopic (exact) mass is 302 g/mol. The molecule has 0 saturated heterocycles. The molecule has 0 bridgehead atoms. The third-order valence-electron chi connectivity index (χ3n) is 3.23. The van der Waals surface area contributed by atoms with Crippen LogP contribution in [-0.2, 0) is 7.05 Å². The molecular weight excluding hydrogens is 288 g/mol. The zero-order valence-corrected chi connectivity index (χ0v) is 12.7. The van der Waals surface area contributed by atoms with E-state index >= 15 is 0 Å². The van der Waals surface area contributed by atoms with Crippen LogP contribution in [-0.4, -0.2) is 15.6 Å². The summed E-state index contributed by atoms with van der Waals surface area (Å²) >= 11 is 1.51. The molecule has 1 amide bonds. The summed E-state index contributed by atoms with van der Waals surface area (Å²) in [4.78, 5) is 12.9. The average Bonchev–Trinajstić information content (AvgIpc) is 2.97. The van der Waals surface area contributed by atoms with E-state index in [1.807, 2.05) is 35.9 Å². The van der Waals surface area contributed by atoms with Crippen molar-refractivity contribution >= 4 is 27.5 Å². The predicted octanol–water partition coefficient (Wildman–Crippen LogP) is 2.09. The molecule has 21 heavy (non-hydrogen) atoms. The van der Waals surface area contributed by atoms with Crippen molar-refractivity contribution in [2.45, 2.75) is 13.8 Å². The van der Waals surface area contributed by atoms with Gasteiger partial charge in [-0.15, -0.1) is 5.10 Å². The van der Waals surface area contributed by atoms with Gasteiger partial charge in [0.15, 0.2) is 0 Å². The van der Waals surface area contributed by atoms with Gasteiger partial charge >= 0.3 is 0 Å². The number of thiazole rings is 1. The standard InChI is InChI=1S/C14H14N4O2S/c1-8-12(9(2)20-17-8)13(19)15-16-14-18(3)10-6-4-5-7-11(10)21-14/h4-7H,1-3H3,(H,15,19)/b16-14-. The topological polar surface area (TPSA) is 72.4 Å². The molecule has 3 rings (SSSR count). The molecule has 3 aromatic rings. The van der Waals surface area contributed by atoms with Crippen molar-refractivity contribution in [3.05, 3.63) is 46.1 Å². The third kappa shape index (κ3) is 2.36. The highest BCUT2D eigenvalue weighted by Gasteiger charge is 2.16. The molecule has 0 spiro atoms. The van der Waals surface area contributed by atoms with E-state index in [4.69, 9.17) is 4.52 Å². The fourth-order valence-electron chi connectivity index (χ4n) is 2.15. The zero-order valence-electron chi connectivity index (χ0n) is 11.9. The lowest BCUT2D eigenvalue weighted by Gasteiger charge is -1.98. The number of aromatic nitrogens is 2. The van der Waals surface area contributed by atoms with Crippen molar-refractivity contribution in [3.63, 3.8) is 0 Å². The van der Waals surface area contributed by atoms with E-state index in [2.05, 4.69) is 15.7 Å². The summed E-state index contributed by atoms with van der Waals surface area (Å²) in [6.07, 6.45) is 0. The smallest absolute Gasteiger partial charge is 0.276 e. The maximum absolute atomic E-state index is 12.1. The molecular formula is C14H14N4O2S. The molecule has 0 aliphatic rings. The average molecular weight is 302 g/mol. The SMILES string of the molecule is Cc1noc(C)c1C(=O)N/N=c1\sc2ccccc2n1C. The second-order valence-corrected chi connectivity index (χ2v) is 5.67. The number of benzene rings is 1. The molecule has 0 fully saturated rings. The molecule has 2 aromatic heterocycles. The van der Waals surface area contributed by atoms with Crippen molar-refractivity contribution in [1.29, 1.82) is 0 Å². The van der Waals surface area contributed by atoms with Crippen molar-refractivity contribution in [1.82, 2.24) is 15.1 Å². The zero-order chi connectivity index (χ0) is 15.0. The van der Waals surface area contributed by atoms with Gasteiger partial charge in [-0.1, -0.05) is 28.6 Å². The molecule has 0 saturated carbocycles. The van der Waals surface area contributed by atoms with Crippen LogP contribution in [0.3, 0.4) is 0 Å². The molecule has 0 unspecified atom stereocenters. The summed E-state index contributed by atoms with van der Waals surface area (Å²) in [6, 6.07) is 7.99. The lowest BCUT2D eigenvalue weighted by atomic mass is 10.2. The van der Waals surface area contributed by atoms with Gasteiger partial charge in [0.25, 0.3) is 5.91 Å². The summed E-state index contributed by atoms with van der Waals surface area (Å²) in [7, 11) is 1.92. The molecule has 1 aromatic carbocycles. The minimum atomic E-state index is -0.316. The minimum absolute atomic E-state index is 0.316. The number of rotatable bonds is 2. The number of carbonyl (C=O) groups excluding carboxylic acids is 1. The molecule has 0 radical (unpaired) electrons. The largest absolute Gasteiger partial charge is 0.361 e. The Labute approximate surface area is 124 Å². The second kappa shape index (κ2) is 5.17. The van der Waals surface area contributed by atoms with Crippen LogP contribution in [0.25, 0.3) is 10.2 Å². The maximum Gasteiger partial charge on any atom is 0.276 e. The highest BCUT2D eigenvalue weighted by molar-refractivity contribution is 7.16. The van der Waals surface area contributed by atoms with Crippen molar-refractivity contribution < 1.29 is 9.32 Å². The van der Waals surface area contributed by atoms with Gasteiger partial charge in [0, 0.05) is 7.05 Å². The molecule has 1 N–H and O–H groups in total. The quantitative estimate of drug-likeness (QED) is 0.737. The highest BCUT2D eigenvalue weighted by atomic mass is 32.1. The molecule has 2 heterocycles. The van der Waals surface area contributed by atoms with E-state index in [9.17, 15) is 4.79 Å². The molecule has 6 nitrogen and oxygen atoms in total. The Hall–Kier alpha value is -2.41. The van der Waals surface area contributed by atoms with Crippen LogP contribution >= 0.6 is 11.3 Å². The molecule has 7 heteroatoms. The van der Waals surface area contributed by atoms with Crippen LogP contribution in [0.4, 0.5) is 0 Å². The summed E-state index contributed by atoms with van der Waals surface area (Å²) in [6.45, 7) is 3.43. The first-order valence-corrected chi connectivity index (χ1v) is 7.21. The Balaban J connectivity index is 1.95. The first-order chi connectivity index (χ1) is 10.1. The molecule has 0 aliphatic heterocycles. The number of aryl methyl sites for hydroxylation is 3. The number of nitrogens with zero attached hydrogens (tertiary/aromatic N) is 3. The Kier molecular flexibility index (Phi) is 3.34. The Morgan fingerprint density at radius 2 is 2.14 bits per heavy atom.